The predicted octanol–water partition coefficient (Wildman–Crippen LogP) is 4.01. The van der Waals surface area contributed by atoms with Crippen LogP contribution in [0.3, 0.4) is 0 Å². The summed E-state index contributed by atoms with van der Waals surface area (Å²) < 4.78 is 7.19. The van der Waals surface area contributed by atoms with Gasteiger partial charge in [0.15, 0.2) is 17.3 Å². The van der Waals surface area contributed by atoms with Gasteiger partial charge in [0, 0.05) is 10.7 Å². The zero-order chi connectivity index (χ0) is 19.0. The predicted molar refractivity (Wildman–Crippen MR) is 106 cm³/mol. The highest BCUT2D eigenvalue weighted by Gasteiger charge is 2.29. The zero-order valence-electron chi connectivity index (χ0n) is 14.3. The number of phenols is 1. The first-order valence-corrected chi connectivity index (χ1v) is 9.61. The van der Waals surface area contributed by atoms with E-state index in [2.05, 4.69) is 10.3 Å². The van der Waals surface area contributed by atoms with Crippen molar-refractivity contribution >= 4 is 35.1 Å². The Kier molecular flexibility index (Phi) is 4.72. The van der Waals surface area contributed by atoms with E-state index in [-0.39, 0.29) is 16.9 Å². The van der Waals surface area contributed by atoms with Crippen molar-refractivity contribution in [3.63, 3.8) is 0 Å². The van der Waals surface area contributed by atoms with Gasteiger partial charge < -0.3 is 15.2 Å². The minimum atomic E-state index is -0.174. The second kappa shape index (κ2) is 7.17. The number of fused-ring (bicyclic) bond motifs is 1. The fraction of sp³-hybridized carbons (Fsp3) is 0.158. The number of aromatic nitrogens is 2. The number of hydrogen-bond donors (Lipinski definition) is 2. The molecule has 0 saturated heterocycles. The van der Waals surface area contributed by atoms with Crippen LogP contribution in [0, 0.1) is 0 Å². The molecule has 2 N–H and O–H groups in total. The Morgan fingerprint density at radius 1 is 1.30 bits per heavy atom. The van der Waals surface area contributed by atoms with Crippen LogP contribution in [-0.4, -0.2) is 33.4 Å². The van der Waals surface area contributed by atoms with Gasteiger partial charge in [0.25, 0.3) is 0 Å². The molecule has 27 heavy (non-hydrogen) atoms. The Balaban J connectivity index is 1.87. The van der Waals surface area contributed by atoms with Crippen molar-refractivity contribution in [2.45, 2.75) is 5.25 Å². The van der Waals surface area contributed by atoms with Gasteiger partial charge in [-0.1, -0.05) is 17.7 Å². The number of nitrogens with one attached hydrogen (secondary N) is 1. The molecule has 1 aromatic heterocycles. The minimum absolute atomic E-state index is 0.0699. The van der Waals surface area contributed by atoms with Crippen LogP contribution in [-0.2, 0) is 4.79 Å². The van der Waals surface area contributed by atoms with E-state index in [1.165, 1.54) is 18.9 Å². The number of phenolic OH excluding ortho intramolecular Hbond substituents is 1. The lowest BCUT2D eigenvalue weighted by Gasteiger charge is -2.19. The summed E-state index contributed by atoms with van der Waals surface area (Å²) >= 11 is 7.50. The van der Waals surface area contributed by atoms with Gasteiger partial charge in [-0.15, -0.1) is 11.8 Å². The second-order valence-corrected chi connectivity index (χ2v) is 7.53. The van der Waals surface area contributed by atoms with Gasteiger partial charge in [0.2, 0.25) is 5.91 Å². The standard InChI is InChI=1S/C19H16ClN3O3S/c1-26-15-8-11(2-7-14(15)24)18-17-19(22-16(25)9-27-18)21-10-23(17)13-5-3-12(20)4-6-13/h2-8,10,18,24H,9H2,1H3,(H,22,25)/t18-/m1/s1. The Hall–Kier alpha value is -2.64. The Morgan fingerprint density at radius 3 is 2.81 bits per heavy atom. The maximum atomic E-state index is 12.1. The number of aromatic hydroxyl groups is 1. The number of anilines is 1. The number of benzene rings is 2. The third-order valence-electron chi connectivity index (χ3n) is 4.30. The Labute approximate surface area is 165 Å². The Morgan fingerprint density at radius 2 is 2.07 bits per heavy atom. The second-order valence-electron chi connectivity index (χ2n) is 6.00. The quantitative estimate of drug-likeness (QED) is 0.693. The fourth-order valence-electron chi connectivity index (χ4n) is 3.03. The van der Waals surface area contributed by atoms with Gasteiger partial charge in [0.1, 0.15) is 6.33 Å². The van der Waals surface area contributed by atoms with E-state index in [4.69, 9.17) is 16.3 Å². The maximum Gasteiger partial charge on any atom is 0.235 e. The first-order chi connectivity index (χ1) is 13.1. The van der Waals surface area contributed by atoms with Crippen LogP contribution in [0.15, 0.2) is 48.8 Å². The minimum Gasteiger partial charge on any atom is -0.504 e. The number of nitrogens with zero attached hydrogens (tertiary/aromatic N) is 2. The largest absolute Gasteiger partial charge is 0.504 e. The molecule has 3 aromatic rings. The van der Waals surface area contributed by atoms with Gasteiger partial charge in [-0.2, -0.15) is 0 Å². The molecule has 1 aliphatic heterocycles. The lowest BCUT2D eigenvalue weighted by atomic mass is 10.1. The highest BCUT2D eigenvalue weighted by Crippen LogP contribution is 2.44. The molecule has 6 nitrogen and oxygen atoms in total. The van der Waals surface area contributed by atoms with Crippen LogP contribution >= 0.6 is 23.4 Å². The topological polar surface area (TPSA) is 76.4 Å². The molecule has 0 fully saturated rings. The van der Waals surface area contributed by atoms with Crippen molar-refractivity contribution in [2.24, 2.45) is 0 Å². The molecule has 0 aliphatic carbocycles. The van der Waals surface area contributed by atoms with Crippen LogP contribution in [0.5, 0.6) is 11.5 Å². The number of rotatable bonds is 3. The molecule has 0 saturated carbocycles. The lowest BCUT2D eigenvalue weighted by Crippen LogP contribution is -2.12. The number of hydrogen-bond acceptors (Lipinski definition) is 5. The molecule has 1 aliphatic rings. The summed E-state index contributed by atoms with van der Waals surface area (Å²) in [6, 6.07) is 12.6. The van der Waals surface area contributed by atoms with E-state index < -0.39 is 0 Å². The maximum absolute atomic E-state index is 12.1. The SMILES string of the molecule is COc1cc([C@H]2SCC(=O)Nc3ncn(-c4ccc(Cl)cc4)c32)ccc1O. The molecule has 0 bridgehead atoms. The van der Waals surface area contributed by atoms with Crippen molar-refractivity contribution in [3.8, 4) is 17.2 Å². The van der Waals surface area contributed by atoms with Crippen molar-refractivity contribution in [1.29, 1.82) is 0 Å². The number of halogens is 1. The molecule has 2 heterocycles. The van der Waals surface area contributed by atoms with Gasteiger partial charge in [-0.05, 0) is 42.0 Å². The molecular formula is C19H16ClN3O3S. The average molecular weight is 402 g/mol. The lowest BCUT2D eigenvalue weighted by molar-refractivity contribution is -0.113. The third kappa shape index (κ3) is 3.36. The van der Waals surface area contributed by atoms with Crippen LogP contribution in [0.25, 0.3) is 5.69 Å². The summed E-state index contributed by atoms with van der Waals surface area (Å²) in [5, 5.41) is 13.3. The van der Waals surface area contributed by atoms with E-state index in [1.807, 2.05) is 34.9 Å². The summed E-state index contributed by atoms with van der Waals surface area (Å²) in [5.74, 6) is 1.18. The fourth-order valence-corrected chi connectivity index (χ4v) is 4.27. The molecular weight excluding hydrogens is 386 g/mol. The summed E-state index contributed by atoms with van der Waals surface area (Å²) in [5.41, 5.74) is 2.64. The first-order valence-electron chi connectivity index (χ1n) is 8.18. The van der Waals surface area contributed by atoms with Crippen molar-refractivity contribution in [1.82, 2.24) is 9.55 Å². The zero-order valence-corrected chi connectivity index (χ0v) is 15.9. The van der Waals surface area contributed by atoms with Crippen LogP contribution in [0.4, 0.5) is 5.82 Å². The van der Waals surface area contributed by atoms with E-state index >= 15 is 0 Å². The molecule has 0 spiro atoms. The number of carbonyl (C=O) groups is 1. The number of amides is 1. The highest BCUT2D eigenvalue weighted by molar-refractivity contribution is 8.00. The monoisotopic (exact) mass is 401 g/mol. The molecule has 1 atom stereocenters. The van der Waals surface area contributed by atoms with E-state index in [1.54, 1.807) is 18.5 Å². The van der Waals surface area contributed by atoms with Gasteiger partial charge in [0.05, 0.1) is 23.8 Å². The molecule has 2 aromatic carbocycles. The van der Waals surface area contributed by atoms with E-state index in [0.717, 1.165) is 16.9 Å². The first kappa shape index (κ1) is 17.8. The molecule has 8 heteroatoms. The van der Waals surface area contributed by atoms with Crippen LogP contribution < -0.4 is 10.1 Å². The smallest absolute Gasteiger partial charge is 0.235 e. The van der Waals surface area contributed by atoms with E-state index in [9.17, 15) is 9.90 Å². The third-order valence-corrected chi connectivity index (χ3v) is 5.81. The van der Waals surface area contributed by atoms with Crippen molar-refractivity contribution in [3.05, 3.63) is 65.1 Å². The van der Waals surface area contributed by atoms with Gasteiger partial charge >= 0.3 is 0 Å². The summed E-state index contributed by atoms with van der Waals surface area (Å²) in [4.78, 5) is 16.5. The molecule has 1 amide bonds. The summed E-state index contributed by atoms with van der Waals surface area (Å²) in [6.07, 6.45) is 1.69. The van der Waals surface area contributed by atoms with Crippen LogP contribution in [0.2, 0.25) is 5.02 Å². The van der Waals surface area contributed by atoms with E-state index in [0.29, 0.717) is 22.3 Å². The number of methoxy groups -OCH3 is 1. The van der Waals surface area contributed by atoms with Gasteiger partial charge in [-0.25, -0.2) is 4.98 Å². The van der Waals surface area contributed by atoms with Crippen LogP contribution in [0.1, 0.15) is 16.5 Å². The molecule has 0 radical (unpaired) electrons. The molecule has 138 valence electrons. The van der Waals surface area contributed by atoms with Gasteiger partial charge in [-0.3, -0.25) is 9.36 Å². The number of imidazole rings is 1. The molecule has 4 rings (SSSR count). The number of thioether (sulfide) groups is 1. The number of carbonyl (C=O) groups excluding carboxylic acids is 1. The summed E-state index contributed by atoms with van der Waals surface area (Å²) in [7, 11) is 1.51. The summed E-state index contributed by atoms with van der Waals surface area (Å²) in [6.45, 7) is 0. The highest BCUT2D eigenvalue weighted by atomic mass is 35.5. The molecule has 0 unspecified atom stereocenters. The number of ether oxygens (including phenoxy) is 1. The van der Waals surface area contributed by atoms with Crippen molar-refractivity contribution in [2.75, 3.05) is 18.2 Å². The normalized spacial score (nSPS) is 16.4. The Bertz CT molecular complexity index is 1000. The van der Waals surface area contributed by atoms with Crippen molar-refractivity contribution < 1.29 is 14.6 Å². The average Bonchev–Trinajstić information content (AvgIpc) is 2.99.